The van der Waals surface area contributed by atoms with Crippen molar-refractivity contribution >= 4 is 17.9 Å². The van der Waals surface area contributed by atoms with Crippen LogP contribution in [0.25, 0.3) is 0 Å². The molecule has 0 aliphatic carbocycles. The minimum atomic E-state index is -1.23. The van der Waals surface area contributed by atoms with E-state index in [1.807, 2.05) is 0 Å². The van der Waals surface area contributed by atoms with Gasteiger partial charge >= 0.3 is 11.9 Å². The maximum atomic E-state index is 10.8. The van der Waals surface area contributed by atoms with Gasteiger partial charge in [-0.3, -0.25) is 10.2 Å². The van der Waals surface area contributed by atoms with Crippen molar-refractivity contribution in [3.05, 3.63) is 0 Å². The van der Waals surface area contributed by atoms with Crippen LogP contribution in [0, 0.1) is 5.41 Å². The Hall–Kier alpha value is -1.79. The molecule has 0 aliphatic heterocycles. The third-order valence-corrected chi connectivity index (χ3v) is 1.08. The number of aliphatic carboxylic acids is 1. The normalized spacial score (nSPS) is 11.5. The second kappa shape index (κ2) is 4.96. The number of carbonyl (C=O) groups is 2. The van der Waals surface area contributed by atoms with Crippen LogP contribution in [0.5, 0.6) is 0 Å². The average Bonchev–Trinajstić information content (AvgIpc) is 2.00. The first kappa shape index (κ1) is 11.2. The van der Waals surface area contributed by atoms with Crippen molar-refractivity contribution in [1.29, 1.82) is 5.41 Å². The highest BCUT2D eigenvalue weighted by atomic mass is 16.6. The predicted molar refractivity (Wildman–Crippen MR) is 43.1 cm³/mol. The molecule has 0 heterocycles. The summed E-state index contributed by atoms with van der Waals surface area (Å²) in [5.74, 6) is -2.37. The number of carboxylic acid groups (broad SMARTS) is 1. The van der Waals surface area contributed by atoms with Gasteiger partial charge in [-0.2, -0.15) is 0 Å². The Morgan fingerprint density at radius 1 is 1.69 bits per heavy atom. The molecule has 13 heavy (non-hydrogen) atoms. The molecule has 1 unspecified atom stereocenters. The molecule has 0 bridgehead atoms. The fourth-order valence-corrected chi connectivity index (χ4v) is 0.457. The molecule has 0 aromatic rings. The van der Waals surface area contributed by atoms with Crippen LogP contribution >= 0.6 is 0 Å². The Morgan fingerprint density at radius 3 is 2.62 bits per heavy atom. The van der Waals surface area contributed by atoms with Gasteiger partial charge in [0.05, 0.1) is 0 Å². The van der Waals surface area contributed by atoms with Gasteiger partial charge in [0.2, 0.25) is 0 Å². The summed E-state index contributed by atoms with van der Waals surface area (Å²) in [6, 6.07) is 0. The van der Waals surface area contributed by atoms with Crippen molar-refractivity contribution in [3.63, 3.8) is 0 Å². The first-order chi connectivity index (χ1) is 5.93. The second-order valence-electron chi connectivity index (χ2n) is 2.24. The van der Waals surface area contributed by atoms with Gasteiger partial charge in [0, 0.05) is 0 Å². The molecule has 7 heteroatoms. The lowest BCUT2D eigenvalue weighted by Crippen LogP contribution is -2.37. The van der Waals surface area contributed by atoms with Gasteiger partial charge in [-0.15, -0.1) is 0 Å². The SMILES string of the molecule is CC(OC(=O)CNC(=N)N)C(=O)O. The van der Waals surface area contributed by atoms with Gasteiger partial charge in [0.1, 0.15) is 6.54 Å². The number of carbonyl (C=O) groups excluding carboxylic acids is 1. The molecule has 7 nitrogen and oxygen atoms in total. The van der Waals surface area contributed by atoms with Crippen molar-refractivity contribution in [2.45, 2.75) is 13.0 Å². The zero-order chi connectivity index (χ0) is 10.4. The quantitative estimate of drug-likeness (QED) is 0.242. The summed E-state index contributed by atoms with van der Waals surface area (Å²) in [7, 11) is 0. The largest absolute Gasteiger partial charge is 0.479 e. The molecule has 0 radical (unpaired) electrons. The van der Waals surface area contributed by atoms with Gasteiger partial charge < -0.3 is 20.9 Å². The topological polar surface area (TPSA) is 126 Å². The first-order valence-corrected chi connectivity index (χ1v) is 3.43. The van der Waals surface area contributed by atoms with Crippen LogP contribution in [0.2, 0.25) is 0 Å². The Balaban J connectivity index is 3.74. The van der Waals surface area contributed by atoms with Crippen molar-refractivity contribution in [1.82, 2.24) is 5.32 Å². The number of rotatable bonds is 4. The summed E-state index contributed by atoms with van der Waals surface area (Å²) < 4.78 is 4.41. The Bertz CT molecular complexity index is 228. The summed E-state index contributed by atoms with van der Waals surface area (Å²) in [5.41, 5.74) is 4.88. The van der Waals surface area contributed by atoms with E-state index in [9.17, 15) is 9.59 Å². The molecule has 0 aliphatic rings. The summed E-state index contributed by atoms with van der Waals surface area (Å²) >= 11 is 0. The van der Waals surface area contributed by atoms with E-state index in [1.165, 1.54) is 6.92 Å². The third-order valence-electron chi connectivity index (χ3n) is 1.08. The van der Waals surface area contributed by atoms with Gasteiger partial charge in [-0.1, -0.05) is 0 Å². The van der Waals surface area contributed by atoms with Crippen LogP contribution in [-0.4, -0.2) is 35.7 Å². The number of hydrogen-bond donors (Lipinski definition) is 4. The van der Waals surface area contributed by atoms with E-state index in [1.54, 1.807) is 0 Å². The highest BCUT2D eigenvalue weighted by Gasteiger charge is 2.15. The third kappa shape index (κ3) is 5.48. The predicted octanol–water partition coefficient (Wildman–Crippen LogP) is -1.51. The van der Waals surface area contributed by atoms with Crippen molar-refractivity contribution in [2.75, 3.05) is 6.54 Å². The Morgan fingerprint density at radius 2 is 2.23 bits per heavy atom. The molecule has 0 aromatic heterocycles. The summed E-state index contributed by atoms with van der Waals surface area (Å²) in [5, 5.41) is 17.2. The lowest BCUT2D eigenvalue weighted by atomic mass is 10.4. The molecule has 0 amide bonds. The molecular weight excluding hydrogens is 178 g/mol. The number of hydrogen-bond acceptors (Lipinski definition) is 4. The fraction of sp³-hybridized carbons (Fsp3) is 0.500. The number of nitrogens with two attached hydrogens (primary N) is 1. The van der Waals surface area contributed by atoms with E-state index in [2.05, 4.69) is 10.1 Å². The number of guanidine groups is 1. The molecule has 0 spiro atoms. The lowest BCUT2D eigenvalue weighted by molar-refractivity contribution is -0.161. The van der Waals surface area contributed by atoms with Gasteiger partial charge in [0.15, 0.2) is 12.1 Å². The maximum Gasteiger partial charge on any atom is 0.344 e. The monoisotopic (exact) mass is 189 g/mol. The van der Waals surface area contributed by atoms with Crippen molar-refractivity contribution < 1.29 is 19.4 Å². The maximum absolute atomic E-state index is 10.8. The van der Waals surface area contributed by atoms with Crippen LogP contribution in [0.3, 0.4) is 0 Å². The van der Waals surface area contributed by atoms with E-state index in [0.717, 1.165) is 0 Å². The van der Waals surface area contributed by atoms with Gasteiger partial charge in [-0.05, 0) is 6.92 Å². The zero-order valence-electron chi connectivity index (χ0n) is 7.03. The smallest absolute Gasteiger partial charge is 0.344 e. The van der Waals surface area contributed by atoms with Crippen molar-refractivity contribution in [2.24, 2.45) is 5.73 Å². The Kier molecular flexibility index (Phi) is 4.28. The minimum Gasteiger partial charge on any atom is -0.479 e. The number of esters is 1. The highest BCUT2D eigenvalue weighted by Crippen LogP contribution is 1.90. The van der Waals surface area contributed by atoms with Gasteiger partial charge in [-0.25, -0.2) is 4.79 Å². The number of ether oxygens (including phenoxy) is 1. The van der Waals surface area contributed by atoms with E-state index in [4.69, 9.17) is 16.2 Å². The average molecular weight is 189 g/mol. The molecule has 5 N–H and O–H groups in total. The number of nitrogens with one attached hydrogen (secondary N) is 2. The fourth-order valence-electron chi connectivity index (χ4n) is 0.457. The molecule has 0 saturated heterocycles. The molecule has 0 fully saturated rings. The molecule has 74 valence electrons. The summed E-state index contributed by atoms with van der Waals surface area (Å²) in [4.78, 5) is 21.0. The zero-order valence-corrected chi connectivity index (χ0v) is 7.03. The van der Waals surface area contributed by atoms with Crippen molar-refractivity contribution in [3.8, 4) is 0 Å². The van der Waals surface area contributed by atoms with E-state index in [0.29, 0.717) is 0 Å². The van der Waals surface area contributed by atoms with E-state index >= 15 is 0 Å². The molecule has 0 saturated carbocycles. The Labute approximate surface area is 74.4 Å². The van der Waals surface area contributed by atoms with Crippen LogP contribution in [0.4, 0.5) is 0 Å². The van der Waals surface area contributed by atoms with Crippen LogP contribution in [0.15, 0.2) is 0 Å². The van der Waals surface area contributed by atoms with E-state index < -0.39 is 18.0 Å². The van der Waals surface area contributed by atoms with E-state index in [-0.39, 0.29) is 12.5 Å². The highest BCUT2D eigenvalue weighted by molar-refractivity contribution is 5.82. The minimum absolute atomic E-state index is 0.313. The summed E-state index contributed by atoms with van der Waals surface area (Å²) in [6.45, 7) is 0.918. The van der Waals surface area contributed by atoms with Crippen LogP contribution in [-0.2, 0) is 14.3 Å². The van der Waals surface area contributed by atoms with Crippen LogP contribution in [0.1, 0.15) is 6.92 Å². The number of carboxylic acids is 1. The van der Waals surface area contributed by atoms with Gasteiger partial charge in [0.25, 0.3) is 0 Å². The van der Waals surface area contributed by atoms with Crippen LogP contribution < -0.4 is 11.1 Å². The first-order valence-electron chi connectivity index (χ1n) is 3.43. The molecule has 0 rings (SSSR count). The molecular formula is C6H11N3O4. The second-order valence-corrected chi connectivity index (χ2v) is 2.24. The molecule has 1 atom stereocenters. The standard InChI is InChI=1S/C6H11N3O4/c1-3(5(11)12)13-4(10)2-9-6(7)8/h3H,2H2,1H3,(H,11,12)(H4,7,8,9). The lowest BCUT2D eigenvalue weighted by Gasteiger charge is -2.08. The molecule has 0 aromatic carbocycles. The summed E-state index contributed by atoms with van der Waals surface area (Å²) in [6.07, 6.45) is -1.19.